The number of hydrogen-bond acceptors (Lipinski definition) is 5. The zero-order chi connectivity index (χ0) is 20.9. The number of benzene rings is 2. The van der Waals surface area contributed by atoms with Crippen molar-refractivity contribution in [1.82, 2.24) is 10.3 Å². The van der Waals surface area contributed by atoms with E-state index >= 15 is 0 Å². The highest BCUT2D eigenvalue weighted by Gasteiger charge is 2.29. The quantitative estimate of drug-likeness (QED) is 0.558. The molecule has 1 aromatic heterocycles. The standard InChI is InChI=1S/C23H20N2O4S/c26-22(27)20(14-30-21-11-5-6-12-24-21)25-23(28)29-13-19-17-9-3-1-7-15(17)16-8-2-4-10-18(16)19/h1-12,19-20H,13-14H2,(H,25,28)(H,26,27)/t20-/m0/s1. The Bertz CT molecular complexity index is 1010. The van der Waals surface area contributed by atoms with Crippen molar-refractivity contribution in [1.29, 1.82) is 0 Å². The van der Waals surface area contributed by atoms with Gasteiger partial charge in [-0.15, -0.1) is 11.8 Å². The van der Waals surface area contributed by atoms with Gasteiger partial charge in [0.2, 0.25) is 0 Å². The molecule has 7 heteroatoms. The summed E-state index contributed by atoms with van der Waals surface area (Å²) in [7, 11) is 0. The highest BCUT2D eigenvalue weighted by Crippen LogP contribution is 2.44. The number of pyridine rings is 1. The van der Waals surface area contributed by atoms with Crippen molar-refractivity contribution in [2.75, 3.05) is 12.4 Å². The van der Waals surface area contributed by atoms with Gasteiger partial charge in [0.1, 0.15) is 12.6 Å². The summed E-state index contributed by atoms with van der Waals surface area (Å²) in [5.41, 5.74) is 4.48. The van der Waals surface area contributed by atoms with Crippen LogP contribution >= 0.6 is 11.8 Å². The molecule has 2 N–H and O–H groups in total. The number of nitrogens with one attached hydrogen (secondary N) is 1. The lowest BCUT2D eigenvalue weighted by Gasteiger charge is -2.17. The highest BCUT2D eigenvalue weighted by molar-refractivity contribution is 7.99. The molecule has 1 heterocycles. The van der Waals surface area contributed by atoms with Crippen molar-refractivity contribution in [3.8, 4) is 11.1 Å². The molecule has 0 fully saturated rings. The number of rotatable bonds is 7. The smallest absolute Gasteiger partial charge is 0.407 e. The summed E-state index contributed by atoms with van der Waals surface area (Å²) in [6, 6.07) is 20.4. The fourth-order valence-corrected chi connectivity index (χ4v) is 4.43. The third kappa shape index (κ3) is 4.31. The molecular formula is C23H20N2O4S. The third-order valence-electron chi connectivity index (χ3n) is 4.97. The highest BCUT2D eigenvalue weighted by atomic mass is 32.2. The van der Waals surface area contributed by atoms with Crippen LogP contribution in [0.4, 0.5) is 4.79 Å². The lowest BCUT2D eigenvalue weighted by atomic mass is 9.98. The molecule has 1 amide bonds. The number of aromatic nitrogens is 1. The fourth-order valence-electron chi connectivity index (χ4n) is 3.56. The fraction of sp³-hybridized carbons (Fsp3) is 0.174. The van der Waals surface area contributed by atoms with Gasteiger partial charge < -0.3 is 15.2 Å². The molecular weight excluding hydrogens is 400 g/mol. The molecule has 152 valence electrons. The van der Waals surface area contributed by atoms with E-state index in [1.807, 2.05) is 42.5 Å². The first-order valence-electron chi connectivity index (χ1n) is 9.51. The van der Waals surface area contributed by atoms with E-state index in [0.29, 0.717) is 5.03 Å². The number of carboxylic acids is 1. The molecule has 0 radical (unpaired) electrons. The molecule has 2 aromatic carbocycles. The Morgan fingerprint density at radius 3 is 2.23 bits per heavy atom. The predicted octanol–water partition coefficient (Wildman–Crippen LogP) is 4.17. The van der Waals surface area contributed by atoms with Gasteiger partial charge in [0.05, 0.1) is 5.03 Å². The average Bonchev–Trinajstić information content (AvgIpc) is 3.09. The number of aliphatic carboxylic acids is 1. The lowest BCUT2D eigenvalue weighted by molar-refractivity contribution is -0.138. The molecule has 0 saturated carbocycles. The number of alkyl carbamates (subject to hydrolysis) is 1. The van der Waals surface area contributed by atoms with Crippen LogP contribution in [0.15, 0.2) is 78.0 Å². The number of carboxylic acid groups (broad SMARTS) is 1. The minimum atomic E-state index is -1.12. The number of carbonyl (C=O) groups is 2. The van der Waals surface area contributed by atoms with E-state index in [1.54, 1.807) is 18.3 Å². The van der Waals surface area contributed by atoms with Crippen molar-refractivity contribution in [2.24, 2.45) is 0 Å². The molecule has 3 aromatic rings. The van der Waals surface area contributed by atoms with Crippen LogP contribution in [0.3, 0.4) is 0 Å². The average molecular weight is 420 g/mol. The zero-order valence-corrected chi connectivity index (χ0v) is 16.8. The van der Waals surface area contributed by atoms with Crippen LogP contribution in [0.1, 0.15) is 17.0 Å². The maximum Gasteiger partial charge on any atom is 0.407 e. The Kier molecular flexibility index (Phi) is 5.99. The van der Waals surface area contributed by atoms with Gasteiger partial charge in [-0.1, -0.05) is 54.6 Å². The molecule has 0 spiro atoms. The summed E-state index contributed by atoms with van der Waals surface area (Å²) in [4.78, 5) is 28.0. The van der Waals surface area contributed by atoms with Crippen LogP contribution in [0, 0.1) is 0 Å². The van der Waals surface area contributed by atoms with Gasteiger partial charge in [0.25, 0.3) is 0 Å². The summed E-state index contributed by atoms with van der Waals surface area (Å²) in [6.45, 7) is 0.138. The van der Waals surface area contributed by atoms with E-state index in [2.05, 4.69) is 22.4 Å². The monoisotopic (exact) mass is 420 g/mol. The van der Waals surface area contributed by atoms with Crippen LogP contribution in [0.2, 0.25) is 0 Å². The van der Waals surface area contributed by atoms with Crippen LogP contribution < -0.4 is 5.32 Å². The Morgan fingerprint density at radius 2 is 1.63 bits per heavy atom. The van der Waals surface area contributed by atoms with E-state index < -0.39 is 18.1 Å². The maximum atomic E-state index is 12.3. The Balaban J connectivity index is 1.38. The van der Waals surface area contributed by atoms with E-state index in [1.165, 1.54) is 11.8 Å². The van der Waals surface area contributed by atoms with Gasteiger partial charge in [0, 0.05) is 17.9 Å². The summed E-state index contributed by atoms with van der Waals surface area (Å²) in [5, 5.41) is 12.6. The summed E-state index contributed by atoms with van der Waals surface area (Å²) in [6.07, 6.45) is 0.891. The molecule has 1 aliphatic rings. The van der Waals surface area contributed by atoms with Crippen LogP contribution in [-0.4, -0.2) is 40.6 Å². The van der Waals surface area contributed by atoms with E-state index in [4.69, 9.17) is 4.74 Å². The Hall–Kier alpha value is -3.32. The molecule has 4 rings (SSSR count). The SMILES string of the molecule is O=C(N[C@@H](CSc1ccccn1)C(=O)O)OCC1c2ccccc2-c2ccccc21. The summed E-state index contributed by atoms with van der Waals surface area (Å²) in [5.74, 6) is -1.04. The first-order chi connectivity index (χ1) is 14.6. The van der Waals surface area contributed by atoms with E-state index in [0.717, 1.165) is 22.3 Å². The van der Waals surface area contributed by atoms with Crippen LogP contribution in [0.5, 0.6) is 0 Å². The van der Waals surface area contributed by atoms with Gasteiger partial charge in [-0.2, -0.15) is 0 Å². The van der Waals surface area contributed by atoms with Crippen molar-refractivity contribution >= 4 is 23.8 Å². The second-order valence-corrected chi connectivity index (χ2v) is 7.88. The normalized spacial score (nSPS) is 13.2. The molecule has 6 nitrogen and oxygen atoms in total. The second kappa shape index (κ2) is 9.00. The number of fused-ring (bicyclic) bond motifs is 3. The van der Waals surface area contributed by atoms with Crippen LogP contribution in [0.25, 0.3) is 11.1 Å². The molecule has 0 aliphatic heterocycles. The first-order valence-corrected chi connectivity index (χ1v) is 10.5. The molecule has 0 bridgehead atoms. The third-order valence-corrected chi connectivity index (χ3v) is 6.01. The van der Waals surface area contributed by atoms with Crippen molar-refractivity contribution in [2.45, 2.75) is 17.0 Å². The Morgan fingerprint density at radius 1 is 1.00 bits per heavy atom. The number of thioether (sulfide) groups is 1. The first kappa shape index (κ1) is 20.0. The summed E-state index contributed by atoms with van der Waals surface area (Å²) >= 11 is 1.26. The van der Waals surface area contributed by atoms with Gasteiger partial charge in [-0.05, 0) is 34.4 Å². The molecule has 0 saturated heterocycles. The van der Waals surface area contributed by atoms with E-state index in [-0.39, 0.29) is 18.3 Å². The number of nitrogens with zero attached hydrogens (tertiary/aromatic N) is 1. The van der Waals surface area contributed by atoms with Gasteiger partial charge in [0.15, 0.2) is 0 Å². The minimum absolute atomic E-state index is 0.0747. The van der Waals surface area contributed by atoms with Gasteiger partial charge >= 0.3 is 12.1 Å². The molecule has 1 aliphatic carbocycles. The zero-order valence-electron chi connectivity index (χ0n) is 16.0. The van der Waals surface area contributed by atoms with E-state index in [9.17, 15) is 14.7 Å². The largest absolute Gasteiger partial charge is 0.480 e. The molecule has 1 atom stereocenters. The van der Waals surface area contributed by atoms with Crippen molar-refractivity contribution in [3.05, 3.63) is 84.1 Å². The van der Waals surface area contributed by atoms with Gasteiger partial charge in [-0.3, -0.25) is 0 Å². The predicted molar refractivity (Wildman–Crippen MR) is 115 cm³/mol. The number of amides is 1. The van der Waals surface area contributed by atoms with Crippen molar-refractivity contribution < 1.29 is 19.4 Å². The number of ether oxygens (including phenoxy) is 1. The second-order valence-electron chi connectivity index (χ2n) is 6.84. The Labute approximate surface area is 178 Å². The number of carbonyl (C=O) groups excluding carboxylic acids is 1. The topological polar surface area (TPSA) is 88.5 Å². The maximum absolute atomic E-state index is 12.3. The van der Waals surface area contributed by atoms with Gasteiger partial charge in [-0.25, -0.2) is 14.6 Å². The lowest BCUT2D eigenvalue weighted by Crippen LogP contribution is -2.43. The summed E-state index contributed by atoms with van der Waals surface area (Å²) < 4.78 is 5.43. The number of hydrogen-bond donors (Lipinski definition) is 2. The molecule has 0 unspecified atom stereocenters. The minimum Gasteiger partial charge on any atom is -0.480 e. The van der Waals surface area contributed by atoms with Crippen molar-refractivity contribution in [3.63, 3.8) is 0 Å². The molecule has 30 heavy (non-hydrogen) atoms. The van der Waals surface area contributed by atoms with Crippen LogP contribution in [-0.2, 0) is 9.53 Å².